The van der Waals surface area contributed by atoms with Crippen molar-refractivity contribution in [3.8, 4) is 0 Å². The zero-order chi connectivity index (χ0) is 10.3. The monoisotopic (exact) mass is 193 g/mol. The fourth-order valence-corrected chi connectivity index (χ4v) is 1.30. The van der Waals surface area contributed by atoms with E-state index in [1.807, 2.05) is 0 Å². The Hall–Kier alpha value is -1.69. The van der Waals surface area contributed by atoms with Crippen LogP contribution in [-0.4, -0.2) is 19.2 Å². The third-order valence-corrected chi connectivity index (χ3v) is 2.08. The van der Waals surface area contributed by atoms with Gasteiger partial charge in [-0.2, -0.15) is 0 Å². The topological polar surface area (TPSA) is 78.2 Å². The maximum Gasteiger partial charge on any atom is 0.295 e. The molecule has 0 unspecified atom stereocenters. The summed E-state index contributed by atoms with van der Waals surface area (Å²) in [7, 11) is 1.67. The van der Waals surface area contributed by atoms with Crippen molar-refractivity contribution in [3.05, 3.63) is 28.6 Å². The molecule has 0 aromatic carbocycles. The Balaban J connectivity index is 2.84. The Kier molecular flexibility index (Phi) is 1.85. The molecule has 2 aromatic rings. The lowest BCUT2D eigenvalue weighted by Crippen LogP contribution is -2.19. The van der Waals surface area contributed by atoms with E-state index in [0.29, 0.717) is 11.5 Å². The summed E-state index contributed by atoms with van der Waals surface area (Å²) < 4.78 is 3.07. The first-order valence-corrected chi connectivity index (χ1v) is 4.27. The standard InChI is InChI=1S/C8H11N5O/c1-5(9)6-10-11-7-8(14)12(2)3-4-13(6)7/h3-5H,9H2,1-2H3/t5-/m1/s1. The Morgan fingerprint density at radius 1 is 1.43 bits per heavy atom. The Morgan fingerprint density at radius 2 is 2.14 bits per heavy atom. The average Bonchev–Trinajstić information content (AvgIpc) is 2.55. The van der Waals surface area contributed by atoms with Gasteiger partial charge >= 0.3 is 0 Å². The van der Waals surface area contributed by atoms with E-state index in [1.54, 1.807) is 30.8 Å². The predicted octanol–water partition coefficient (Wildman–Crippen LogP) is -0.552. The zero-order valence-electron chi connectivity index (χ0n) is 8.01. The third-order valence-electron chi connectivity index (χ3n) is 2.08. The van der Waals surface area contributed by atoms with Gasteiger partial charge in [0.2, 0.25) is 5.65 Å². The number of hydrogen-bond acceptors (Lipinski definition) is 4. The molecule has 0 aliphatic rings. The molecule has 0 aliphatic heterocycles. The van der Waals surface area contributed by atoms with Crippen molar-refractivity contribution >= 4 is 5.65 Å². The number of hydrogen-bond donors (Lipinski definition) is 1. The van der Waals surface area contributed by atoms with E-state index >= 15 is 0 Å². The van der Waals surface area contributed by atoms with Gasteiger partial charge in [0.1, 0.15) is 0 Å². The molecule has 0 fully saturated rings. The van der Waals surface area contributed by atoms with Crippen LogP contribution in [0.15, 0.2) is 17.2 Å². The second kappa shape index (κ2) is 2.91. The molecule has 0 amide bonds. The molecule has 0 aliphatic carbocycles. The fourth-order valence-electron chi connectivity index (χ4n) is 1.30. The molecule has 2 rings (SSSR count). The lowest BCUT2D eigenvalue weighted by Gasteiger charge is -2.02. The van der Waals surface area contributed by atoms with Crippen LogP contribution in [0.1, 0.15) is 18.8 Å². The summed E-state index contributed by atoms with van der Waals surface area (Å²) in [5.74, 6) is 0.595. The highest BCUT2D eigenvalue weighted by molar-refractivity contribution is 5.34. The molecule has 14 heavy (non-hydrogen) atoms. The number of rotatable bonds is 1. The Labute approximate surface area is 80.0 Å². The van der Waals surface area contributed by atoms with Gasteiger partial charge in [-0.3, -0.25) is 9.20 Å². The van der Waals surface area contributed by atoms with Gasteiger partial charge in [-0.05, 0) is 6.92 Å². The highest BCUT2D eigenvalue weighted by Crippen LogP contribution is 2.05. The van der Waals surface area contributed by atoms with Crippen molar-refractivity contribution in [2.75, 3.05) is 0 Å². The van der Waals surface area contributed by atoms with Crippen LogP contribution in [0.2, 0.25) is 0 Å². The first kappa shape index (κ1) is 8.89. The molecule has 0 saturated heterocycles. The summed E-state index contributed by atoms with van der Waals surface area (Å²) in [4.78, 5) is 11.6. The van der Waals surface area contributed by atoms with Gasteiger partial charge in [0.05, 0.1) is 6.04 Å². The predicted molar refractivity (Wildman–Crippen MR) is 50.8 cm³/mol. The van der Waals surface area contributed by atoms with Gasteiger partial charge in [-0.1, -0.05) is 0 Å². The zero-order valence-corrected chi connectivity index (χ0v) is 8.01. The minimum absolute atomic E-state index is 0.174. The van der Waals surface area contributed by atoms with Crippen LogP contribution in [0.4, 0.5) is 0 Å². The molecule has 2 N–H and O–H groups in total. The van der Waals surface area contributed by atoms with Crippen LogP contribution < -0.4 is 11.3 Å². The number of nitrogens with two attached hydrogens (primary N) is 1. The molecular formula is C8H11N5O. The van der Waals surface area contributed by atoms with E-state index in [1.165, 1.54) is 4.57 Å². The highest BCUT2D eigenvalue weighted by Gasteiger charge is 2.11. The van der Waals surface area contributed by atoms with Crippen LogP contribution in [0.25, 0.3) is 5.65 Å². The lowest BCUT2D eigenvalue weighted by molar-refractivity contribution is 0.721. The molecule has 6 heteroatoms. The summed E-state index contributed by atoms with van der Waals surface area (Å²) in [6.07, 6.45) is 3.39. The molecule has 0 bridgehead atoms. The van der Waals surface area contributed by atoms with E-state index in [-0.39, 0.29) is 11.6 Å². The number of aromatic nitrogens is 4. The van der Waals surface area contributed by atoms with Gasteiger partial charge in [0, 0.05) is 19.4 Å². The first-order chi connectivity index (χ1) is 6.61. The van der Waals surface area contributed by atoms with E-state index in [0.717, 1.165) is 0 Å². The van der Waals surface area contributed by atoms with Gasteiger partial charge in [-0.15, -0.1) is 10.2 Å². The van der Waals surface area contributed by atoms with Crippen LogP contribution in [0.5, 0.6) is 0 Å². The van der Waals surface area contributed by atoms with Gasteiger partial charge in [-0.25, -0.2) is 0 Å². The fraction of sp³-hybridized carbons (Fsp3) is 0.375. The number of fused-ring (bicyclic) bond motifs is 1. The normalized spacial score (nSPS) is 13.4. The van der Waals surface area contributed by atoms with Gasteiger partial charge < -0.3 is 10.3 Å². The SMILES string of the molecule is C[C@@H](N)c1nnc2c(=O)n(C)ccn12. The first-order valence-electron chi connectivity index (χ1n) is 4.27. The molecule has 6 nitrogen and oxygen atoms in total. The summed E-state index contributed by atoms with van der Waals surface area (Å²) in [5, 5.41) is 7.67. The molecule has 0 spiro atoms. The minimum Gasteiger partial charge on any atom is -0.322 e. The largest absolute Gasteiger partial charge is 0.322 e. The summed E-state index contributed by atoms with van der Waals surface area (Å²) in [6.45, 7) is 1.80. The molecular weight excluding hydrogens is 182 g/mol. The van der Waals surface area contributed by atoms with E-state index in [2.05, 4.69) is 10.2 Å². The van der Waals surface area contributed by atoms with Crippen LogP contribution in [-0.2, 0) is 7.05 Å². The van der Waals surface area contributed by atoms with Crippen molar-refractivity contribution in [2.45, 2.75) is 13.0 Å². The Morgan fingerprint density at radius 3 is 2.79 bits per heavy atom. The molecule has 74 valence electrons. The van der Waals surface area contributed by atoms with Gasteiger partial charge in [0.15, 0.2) is 5.82 Å². The smallest absolute Gasteiger partial charge is 0.295 e. The maximum atomic E-state index is 11.6. The quantitative estimate of drug-likeness (QED) is 0.659. The summed E-state index contributed by atoms with van der Waals surface area (Å²) in [6, 6.07) is -0.239. The molecule has 2 heterocycles. The summed E-state index contributed by atoms with van der Waals surface area (Å²) in [5.41, 5.74) is 5.81. The lowest BCUT2D eigenvalue weighted by atomic mass is 10.3. The van der Waals surface area contributed by atoms with Crippen molar-refractivity contribution in [2.24, 2.45) is 12.8 Å². The van der Waals surface area contributed by atoms with Gasteiger partial charge in [0.25, 0.3) is 5.56 Å². The Bertz CT molecular complexity index is 524. The minimum atomic E-state index is -0.239. The van der Waals surface area contributed by atoms with Crippen LogP contribution in [0, 0.1) is 0 Å². The maximum absolute atomic E-state index is 11.6. The van der Waals surface area contributed by atoms with Crippen molar-refractivity contribution in [1.29, 1.82) is 0 Å². The molecule has 1 atom stereocenters. The average molecular weight is 193 g/mol. The number of nitrogens with zero attached hydrogens (tertiary/aromatic N) is 4. The highest BCUT2D eigenvalue weighted by atomic mass is 16.1. The third kappa shape index (κ3) is 1.12. The van der Waals surface area contributed by atoms with Crippen LogP contribution in [0.3, 0.4) is 0 Å². The molecule has 0 radical (unpaired) electrons. The van der Waals surface area contributed by atoms with E-state index in [4.69, 9.17) is 5.73 Å². The number of aryl methyl sites for hydroxylation is 1. The van der Waals surface area contributed by atoms with Crippen molar-refractivity contribution in [3.63, 3.8) is 0 Å². The van der Waals surface area contributed by atoms with E-state index in [9.17, 15) is 4.79 Å². The second-order valence-corrected chi connectivity index (χ2v) is 3.25. The van der Waals surface area contributed by atoms with E-state index < -0.39 is 0 Å². The van der Waals surface area contributed by atoms with Crippen molar-refractivity contribution in [1.82, 2.24) is 19.2 Å². The molecule has 2 aromatic heterocycles. The van der Waals surface area contributed by atoms with Crippen LogP contribution >= 0.6 is 0 Å². The van der Waals surface area contributed by atoms with Crippen molar-refractivity contribution < 1.29 is 0 Å². The second-order valence-electron chi connectivity index (χ2n) is 3.25. The summed E-state index contributed by atoms with van der Waals surface area (Å²) >= 11 is 0. The molecule has 0 saturated carbocycles.